The van der Waals surface area contributed by atoms with E-state index < -0.39 is 5.97 Å². The van der Waals surface area contributed by atoms with Crippen molar-refractivity contribution in [1.29, 1.82) is 0 Å². The first-order chi connectivity index (χ1) is 10.1. The van der Waals surface area contributed by atoms with Crippen molar-refractivity contribution < 1.29 is 14.6 Å². The maximum Gasteiger partial charge on any atom is 0.325 e. The van der Waals surface area contributed by atoms with Crippen molar-refractivity contribution in [3.63, 3.8) is 0 Å². The van der Waals surface area contributed by atoms with Gasteiger partial charge in [-0.05, 0) is 12.1 Å². The van der Waals surface area contributed by atoms with Crippen LogP contribution in [0, 0.1) is 0 Å². The van der Waals surface area contributed by atoms with Crippen molar-refractivity contribution in [2.24, 2.45) is 7.05 Å². The maximum absolute atomic E-state index is 10.6. The van der Waals surface area contributed by atoms with E-state index in [1.807, 2.05) is 31.3 Å². The molecule has 1 aromatic carbocycles. The van der Waals surface area contributed by atoms with Crippen molar-refractivity contribution in [1.82, 2.24) is 24.8 Å². The number of fused-ring (bicyclic) bond motifs is 1. The highest BCUT2D eigenvalue weighted by Crippen LogP contribution is 2.24. The van der Waals surface area contributed by atoms with Crippen LogP contribution >= 0.6 is 0 Å². The summed E-state index contributed by atoms with van der Waals surface area (Å²) in [6.45, 7) is -0.0415. The number of rotatable bonds is 5. The lowest BCUT2D eigenvalue weighted by molar-refractivity contribution is -0.137. The Kier molecular flexibility index (Phi) is 3.27. The molecule has 0 aliphatic heterocycles. The molecule has 0 atom stereocenters. The minimum absolute atomic E-state index is 0.181. The molecule has 108 valence electrons. The fourth-order valence-electron chi connectivity index (χ4n) is 2.05. The number of para-hydroxylation sites is 1. The minimum atomic E-state index is -0.969. The number of carboxylic acid groups (broad SMARTS) is 1. The normalized spacial score (nSPS) is 10.9. The number of aromatic nitrogens is 5. The molecule has 0 radical (unpaired) electrons. The Morgan fingerprint density at radius 2 is 2.19 bits per heavy atom. The largest absolute Gasteiger partial charge is 0.480 e. The van der Waals surface area contributed by atoms with E-state index in [1.54, 1.807) is 10.9 Å². The second-order valence-electron chi connectivity index (χ2n) is 4.54. The van der Waals surface area contributed by atoms with E-state index in [1.165, 1.54) is 4.68 Å². The third-order valence-corrected chi connectivity index (χ3v) is 2.96. The number of carbonyl (C=O) groups is 1. The molecule has 0 saturated heterocycles. The number of benzene rings is 1. The number of hydrogen-bond donors (Lipinski definition) is 1. The third-order valence-electron chi connectivity index (χ3n) is 2.96. The van der Waals surface area contributed by atoms with Gasteiger partial charge in [0.15, 0.2) is 0 Å². The van der Waals surface area contributed by atoms with Gasteiger partial charge < -0.3 is 9.84 Å². The zero-order chi connectivity index (χ0) is 14.8. The molecule has 8 nitrogen and oxygen atoms in total. The van der Waals surface area contributed by atoms with Gasteiger partial charge >= 0.3 is 5.97 Å². The van der Waals surface area contributed by atoms with E-state index in [-0.39, 0.29) is 13.2 Å². The van der Waals surface area contributed by atoms with E-state index in [0.29, 0.717) is 11.6 Å². The first-order valence-electron chi connectivity index (χ1n) is 6.29. The average Bonchev–Trinajstić information content (AvgIpc) is 3.02. The van der Waals surface area contributed by atoms with Crippen molar-refractivity contribution in [3.05, 3.63) is 36.2 Å². The molecule has 3 rings (SSSR count). The molecule has 21 heavy (non-hydrogen) atoms. The molecular weight excluding hydrogens is 274 g/mol. The molecule has 0 saturated carbocycles. The smallest absolute Gasteiger partial charge is 0.325 e. The van der Waals surface area contributed by atoms with Crippen LogP contribution in [0.2, 0.25) is 0 Å². The third kappa shape index (κ3) is 2.69. The van der Waals surface area contributed by atoms with Crippen molar-refractivity contribution in [2.75, 3.05) is 0 Å². The standard InChI is InChI=1S/C13H13N5O3/c1-17-11-5-3-2-4-10(11)13(15-17)21-8-9-6-18(16-14-9)7-12(19)20/h2-6H,7-8H2,1H3,(H,19,20). The number of nitrogens with zero attached hydrogens (tertiary/aromatic N) is 5. The van der Waals surface area contributed by atoms with E-state index in [2.05, 4.69) is 15.4 Å². The van der Waals surface area contributed by atoms with Crippen LogP contribution in [0.3, 0.4) is 0 Å². The van der Waals surface area contributed by atoms with Crippen LogP contribution in [0.25, 0.3) is 10.9 Å². The first kappa shape index (κ1) is 13.1. The quantitative estimate of drug-likeness (QED) is 0.746. The fourth-order valence-corrected chi connectivity index (χ4v) is 2.05. The van der Waals surface area contributed by atoms with E-state index in [0.717, 1.165) is 10.9 Å². The van der Waals surface area contributed by atoms with Gasteiger partial charge in [-0.3, -0.25) is 9.48 Å². The summed E-state index contributed by atoms with van der Waals surface area (Å²) in [7, 11) is 1.85. The molecule has 3 aromatic rings. The number of ether oxygens (including phenoxy) is 1. The van der Waals surface area contributed by atoms with Crippen molar-refractivity contribution in [3.8, 4) is 5.88 Å². The van der Waals surface area contributed by atoms with Gasteiger partial charge in [-0.15, -0.1) is 10.2 Å². The van der Waals surface area contributed by atoms with Crippen LogP contribution in [0.15, 0.2) is 30.5 Å². The van der Waals surface area contributed by atoms with E-state index >= 15 is 0 Å². The highest BCUT2D eigenvalue weighted by atomic mass is 16.5. The van der Waals surface area contributed by atoms with Gasteiger partial charge in [0, 0.05) is 7.05 Å². The summed E-state index contributed by atoms with van der Waals surface area (Å²) < 4.78 is 8.64. The van der Waals surface area contributed by atoms with Crippen LogP contribution < -0.4 is 4.74 Å². The number of carboxylic acids is 1. The minimum Gasteiger partial charge on any atom is -0.480 e. The van der Waals surface area contributed by atoms with Gasteiger partial charge in [0.05, 0.1) is 17.1 Å². The zero-order valence-electron chi connectivity index (χ0n) is 11.3. The van der Waals surface area contributed by atoms with Gasteiger partial charge in [-0.25, -0.2) is 4.68 Å². The maximum atomic E-state index is 10.6. The molecule has 0 bridgehead atoms. The molecule has 0 aliphatic rings. The van der Waals surface area contributed by atoms with Gasteiger partial charge in [0.2, 0.25) is 5.88 Å². The molecule has 0 aliphatic carbocycles. The van der Waals surface area contributed by atoms with Crippen molar-refractivity contribution >= 4 is 16.9 Å². The lowest BCUT2D eigenvalue weighted by Gasteiger charge is -1.99. The Labute approximate surface area is 119 Å². The van der Waals surface area contributed by atoms with E-state index in [4.69, 9.17) is 9.84 Å². The lowest BCUT2D eigenvalue weighted by atomic mass is 10.2. The average molecular weight is 287 g/mol. The summed E-state index contributed by atoms with van der Waals surface area (Å²) in [5.74, 6) is -0.455. The summed E-state index contributed by atoms with van der Waals surface area (Å²) in [6.07, 6.45) is 1.54. The molecule has 0 spiro atoms. The van der Waals surface area contributed by atoms with Crippen LogP contribution in [-0.4, -0.2) is 35.9 Å². The molecule has 2 aromatic heterocycles. The van der Waals surface area contributed by atoms with Crippen LogP contribution in [0.4, 0.5) is 0 Å². The van der Waals surface area contributed by atoms with E-state index in [9.17, 15) is 4.79 Å². The van der Waals surface area contributed by atoms with Gasteiger partial charge in [0.1, 0.15) is 18.8 Å². The highest BCUT2D eigenvalue weighted by Gasteiger charge is 2.10. The molecule has 8 heteroatoms. The summed E-state index contributed by atoms with van der Waals surface area (Å²) in [6, 6.07) is 7.74. The Balaban J connectivity index is 1.74. The predicted octanol–water partition coefficient (Wildman–Crippen LogP) is 0.828. The summed E-state index contributed by atoms with van der Waals surface area (Å²) in [5.41, 5.74) is 1.52. The number of aliphatic carboxylic acids is 1. The van der Waals surface area contributed by atoms with Crippen LogP contribution in [0.1, 0.15) is 5.69 Å². The lowest BCUT2D eigenvalue weighted by Crippen LogP contribution is -2.09. The SMILES string of the molecule is Cn1nc(OCc2cn(CC(=O)O)nn2)c2ccccc21. The summed E-state index contributed by atoms with van der Waals surface area (Å²) in [4.78, 5) is 10.6. The molecular formula is C13H13N5O3. The fraction of sp³-hybridized carbons (Fsp3) is 0.231. The topological polar surface area (TPSA) is 95.1 Å². The van der Waals surface area contributed by atoms with Crippen LogP contribution in [-0.2, 0) is 25.0 Å². The second kappa shape index (κ2) is 5.23. The number of hydrogen-bond acceptors (Lipinski definition) is 5. The summed E-state index contributed by atoms with van der Waals surface area (Å²) >= 11 is 0. The second-order valence-corrected chi connectivity index (χ2v) is 4.54. The molecule has 0 unspecified atom stereocenters. The predicted molar refractivity (Wildman–Crippen MR) is 72.7 cm³/mol. The van der Waals surface area contributed by atoms with Crippen molar-refractivity contribution in [2.45, 2.75) is 13.2 Å². The van der Waals surface area contributed by atoms with Gasteiger partial charge in [-0.1, -0.05) is 17.3 Å². The molecule has 2 heterocycles. The highest BCUT2D eigenvalue weighted by molar-refractivity contribution is 5.84. The Hall–Kier alpha value is -2.90. The molecule has 0 fully saturated rings. The zero-order valence-corrected chi connectivity index (χ0v) is 11.3. The summed E-state index contributed by atoms with van der Waals surface area (Å²) in [5, 5.41) is 21.5. The monoisotopic (exact) mass is 287 g/mol. The Morgan fingerprint density at radius 3 is 3.00 bits per heavy atom. The Bertz CT molecular complexity index is 792. The van der Waals surface area contributed by atoms with Gasteiger partial charge in [-0.2, -0.15) is 0 Å². The first-order valence-corrected chi connectivity index (χ1v) is 6.29. The van der Waals surface area contributed by atoms with Gasteiger partial charge in [0.25, 0.3) is 0 Å². The Morgan fingerprint density at radius 1 is 1.38 bits per heavy atom. The molecule has 1 N–H and O–H groups in total. The van der Waals surface area contributed by atoms with Crippen LogP contribution in [0.5, 0.6) is 5.88 Å². The number of aryl methyl sites for hydroxylation is 1. The molecule has 0 amide bonds.